The van der Waals surface area contributed by atoms with Crippen LogP contribution in [-0.2, 0) is 10.2 Å². The van der Waals surface area contributed by atoms with Crippen LogP contribution in [0.15, 0.2) is 0 Å². The van der Waals surface area contributed by atoms with Crippen LogP contribution in [0.4, 0.5) is 0 Å². The molecule has 2 saturated heterocycles. The molecule has 0 aliphatic carbocycles. The number of piperidine rings is 1. The lowest BCUT2D eigenvalue weighted by atomic mass is 9.99. The maximum Gasteiger partial charge on any atom is 0.281 e. The van der Waals surface area contributed by atoms with Gasteiger partial charge in [0.05, 0.1) is 0 Å². The minimum absolute atomic E-state index is 0.498. The molecule has 0 aromatic rings. The van der Waals surface area contributed by atoms with Crippen LogP contribution in [0, 0.1) is 11.8 Å². The number of rotatable bonds is 5. The Balaban J connectivity index is 1.92. The van der Waals surface area contributed by atoms with E-state index >= 15 is 0 Å². The molecule has 2 fully saturated rings. The third-order valence-electron chi connectivity index (χ3n) is 4.50. The normalized spacial score (nSPS) is 28.0. The predicted octanol–water partition coefficient (Wildman–Crippen LogP) is 1.02. The summed E-state index contributed by atoms with van der Waals surface area (Å²) in [5.41, 5.74) is 5.65. The summed E-state index contributed by atoms with van der Waals surface area (Å²) in [6.07, 6.45) is 5.11. The second-order valence-electron chi connectivity index (χ2n) is 5.89. The minimum Gasteiger partial charge on any atom is -0.330 e. The molecule has 1 atom stereocenters. The van der Waals surface area contributed by atoms with Crippen LogP contribution < -0.4 is 5.73 Å². The summed E-state index contributed by atoms with van der Waals surface area (Å²) >= 11 is 0. The summed E-state index contributed by atoms with van der Waals surface area (Å²) < 4.78 is 28.5. The topological polar surface area (TPSA) is 66.6 Å². The van der Waals surface area contributed by atoms with Crippen molar-refractivity contribution in [3.8, 4) is 0 Å². The fourth-order valence-corrected chi connectivity index (χ4v) is 4.92. The standard InChI is InChI=1S/C13H27N3O2S/c1-2-3-13-6-9-16(11-13)19(17,18)15-7-4-12(10-14)5-8-15/h12-13H,2-11,14H2,1H3. The maximum absolute atomic E-state index is 12.6. The number of hydrogen-bond acceptors (Lipinski definition) is 3. The molecule has 0 bridgehead atoms. The molecule has 5 nitrogen and oxygen atoms in total. The maximum atomic E-state index is 12.6. The monoisotopic (exact) mass is 289 g/mol. The van der Waals surface area contributed by atoms with Gasteiger partial charge in [0.2, 0.25) is 0 Å². The van der Waals surface area contributed by atoms with E-state index in [4.69, 9.17) is 5.73 Å². The first-order chi connectivity index (χ1) is 9.07. The molecule has 2 aliphatic heterocycles. The summed E-state index contributed by atoms with van der Waals surface area (Å²) in [5, 5.41) is 0. The van der Waals surface area contributed by atoms with Gasteiger partial charge in [-0.1, -0.05) is 13.3 Å². The molecule has 2 aliphatic rings. The highest BCUT2D eigenvalue weighted by Gasteiger charge is 2.36. The number of nitrogens with zero attached hydrogens (tertiary/aromatic N) is 2. The molecule has 0 aromatic heterocycles. The van der Waals surface area contributed by atoms with Gasteiger partial charge < -0.3 is 5.73 Å². The summed E-state index contributed by atoms with van der Waals surface area (Å²) in [7, 11) is -3.22. The van der Waals surface area contributed by atoms with E-state index in [1.807, 2.05) is 0 Å². The van der Waals surface area contributed by atoms with Gasteiger partial charge in [-0.05, 0) is 44.1 Å². The molecular formula is C13H27N3O2S. The van der Waals surface area contributed by atoms with Crippen molar-refractivity contribution in [3.05, 3.63) is 0 Å². The Hall–Kier alpha value is -0.170. The Labute approximate surface area is 117 Å². The zero-order valence-electron chi connectivity index (χ0n) is 11.9. The lowest BCUT2D eigenvalue weighted by Crippen LogP contribution is -2.47. The minimum atomic E-state index is -3.22. The molecule has 6 heteroatoms. The average Bonchev–Trinajstić information content (AvgIpc) is 2.89. The fraction of sp³-hybridized carbons (Fsp3) is 1.00. The van der Waals surface area contributed by atoms with E-state index in [2.05, 4.69) is 6.92 Å². The van der Waals surface area contributed by atoms with Crippen LogP contribution in [0.1, 0.15) is 39.0 Å². The lowest BCUT2D eigenvalue weighted by molar-refractivity contribution is 0.261. The van der Waals surface area contributed by atoms with Crippen molar-refractivity contribution < 1.29 is 8.42 Å². The van der Waals surface area contributed by atoms with Gasteiger partial charge in [-0.15, -0.1) is 0 Å². The van der Waals surface area contributed by atoms with Crippen molar-refractivity contribution >= 4 is 10.2 Å². The molecule has 2 heterocycles. The van der Waals surface area contributed by atoms with Gasteiger partial charge in [0.15, 0.2) is 0 Å². The fourth-order valence-electron chi connectivity index (χ4n) is 3.19. The van der Waals surface area contributed by atoms with E-state index in [1.54, 1.807) is 8.61 Å². The van der Waals surface area contributed by atoms with Gasteiger partial charge in [0.1, 0.15) is 0 Å². The molecule has 0 radical (unpaired) electrons. The Morgan fingerprint density at radius 3 is 2.21 bits per heavy atom. The van der Waals surface area contributed by atoms with E-state index in [9.17, 15) is 8.42 Å². The van der Waals surface area contributed by atoms with Crippen molar-refractivity contribution in [2.45, 2.75) is 39.0 Å². The summed E-state index contributed by atoms with van der Waals surface area (Å²) in [4.78, 5) is 0. The third kappa shape index (κ3) is 3.48. The van der Waals surface area contributed by atoms with Gasteiger partial charge in [-0.2, -0.15) is 17.0 Å². The third-order valence-corrected chi connectivity index (χ3v) is 6.51. The van der Waals surface area contributed by atoms with Crippen molar-refractivity contribution in [1.29, 1.82) is 0 Å². The molecule has 2 N–H and O–H groups in total. The highest BCUT2D eigenvalue weighted by atomic mass is 32.2. The van der Waals surface area contributed by atoms with Gasteiger partial charge >= 0.3 is 0 Å². The van der Waals surface area contributed by atoms with Crippen LogP contribution in [0.5, 0.6) is 0 Å². The van der Waals surface area contributed by atoms with Crippen molar-refractivity contribution in [1.82, 2.24) is 8.61 Å². The number of hydrogen-bond donors (Lipinski definition) is 1. The zero-order chi connectivity index (χ0) is 13.9. The summed E-state index contributed by atoms with van der Waals surface area (Å²) in [6.45, 7) is 5.53. The summed E-state index contributed by atoms with van der Waals surface area (Å²) in [6, 6.07) is 0. The van der Waals surface area contributed by atoms with E-state index in [-0.39, 0.29) is 0 Å². The van der Waals surface area contributed by atoms with Gasteiger partial charge in [0, 0.05) is 26.2 Å². The van der Waals surface area contributed by atoms with E-state index in [0.717, 1.165) is 32.1 Å². The molecule has 2 rings (SSSR count). The van der Waals surface area contributed by atoms with Crippen molar-refractivity contribution in [3.63, 3.8) is 0 Å². The van der Waals surface area contributed by atoms with Crippen LogP contribution in [0.25, 0.3) is 0 Å². The Morgan fingerprint density at radius 1 is 1.05 bits per heavy atom. The lowest BCUT2D eigenvalue weighted by Gasteiger charge is -2.33. The molecule has 0 spiro atoms. The van der Waals surface area contributed by atoms with E-state index < -0.39 is 10.2 Å². The van der Waals surface area contributed by atoms with Crippen LogP contribution in [0.3, 0.4) is 0 Å². The van der Waals surface area contributed by atoms with Crippen LogP contribution in [-0.4, -0.2) is 49.8 Å². The van der Waals surface area contributed by atoms with E-state index in [1.165, 1.54) is 0 Å². The second-order valence-corrected chi connectivity index (χ2v) is 7.82. The largest absolute Gasteiger partial charge is 0.330 e. The highest BCUT2D eigenvalue weighted by Crippen LogP contribution is 2.27. The molecule has 0 aromatic carbocycles. The SMILES string of the molecule is CCCC1CCN(S(=O)(=O)N2CCC(CN)CC2)C1. The van der Waals surface area contributed by atoms with Crippen LogP contribution in [0.2, 0.25) is 0 Å². The molecule has 19 heavy (non-hydrogen) atoms. The Morgan fingerprint density at radius 2 is 1.63 bits per heavy atom. The number of nitrogens with two attached hydrogens (primary N) is 1. The molecule has 112 valence electrons. The predicted molar refractivity (Wildman–Crippen MR) is 76.9 cm³/mol. The molecule has 0 amide bonds. The summed E-state index contributed by atoms with van der Waals surface area (Å²) in [5.74, 6) is 1.05. The van der Waals surface area contributed by atoms with Crippen molar-refractivity contribution in [2.75, 3.05) is 32.7 Å². The first-order valence-corrected chi connectivity index (χ1v) is 8.93. The quantitative estimate of drug-likeness (QED) is 0.822. The molecular weight excluding hydrogens is 262 g/mol. The first kappa shape index (κ1) is 15.2. The smallest absolute Gasteiger partial charge is 0.281 e. The van der Waals surface area contributed by atoms with Crippen LogP contribution >= 0.6 is 0 Å². The van der Waals surface area contributed by atoms with Gasteiger partial charge in [-0.25, -0.2) is 0 Å². The second kappa shape index (κ2) is 6.52. The molecule has 0 saturated carbocycles. The molecule has 1 unspecified atom stereocenters. The highest BCUT2D eigenvalue weighted by molar-refractivity contribution is 7.86. The Kier molecular flexibility index (Phi) is 5.22. The first-order valence-electron chi connectivity index (χ1n) is 7.53. The van der Waals surface area contributed by atoms with Gasteiger partial charge in [-0.3, -0.25) is 0 Å². The average molecular weight is 289 g/mol. The van der Waals surface area contributed by atoms with Crippen molar-refractivity contribution in [2.24, 2.45) is 17.6 Å². The Bertz CT molecular complexity index is 369. The van der Waals surface area contributed by atoms with E-state index in [0.29, 0.717) is 44.6 Å². The van der Waals surface area contributed by atoms with Gasteiger partial charge in [0.25, 0.3) is 10.2 Å². The zero-order valence-corrected chi connectivity index (χ0v) is 12.7.